The van der Waals surface area contributed by atoms with Gasteiger partial charge in [-0.3, -0.25) is 4.79 Å². The smallest absolute Gasteiger partial charge is 0.475 e. The van der Waals surface area contributed by atoms with Crippen LogP contribution in [-0.4, -0.2) is 34.6 Å². The second-order valence-corrected chi connectivity index (χ2v) is 6.23. The lowest BCUT2D eigenvalue weighted by atomic mass is 10.0. The number of benzene rings is 1. The number of carboxylic acids is 1. The van der Waals surface area contributed by atoms with Crippen molar-refractivity contribution in [2.24, 2.45) is 0 Å². The van der Waals surface area contributed by atoms with Gasteiger partial charge in [-0.15, -0.1) is 0 Å². The SMILES string of the molecule is C[C@@H](NC(C)(C)C)C(=O)c1cccc(Cl)c1.O=C(O)C(F)(F)F. The molecule has 0 spiro atoms. The predicted molar refractivity (Wildman–Crippen MR) is 81.8 cm³/mol. The summed E-state index contributed by atoms with van der Waals surface area (Å²) in [4.78, 5) is 20.9. The molecule has 8 heteroatoms. The summed E-state index contributed by atoms with van der Waals surface area (Å²) in [7, 11) is 0. The summed E-state index contributed by atoms with van der Waals surface area (Å²) < 4.78 is 31.7. The molecule has 1 atom stereocenters. The van der Waals surface area contributed by atoms with E-state index < -0.39 is 12.1 Å². The first-order chi connectivity index (χ1) is 10.2. The molecule has 130 valence electrons. The molecule has 0 amide bonds. The van der Waals surface area contributed by atoms with Crippen LogP contribution in [0.25, 0.3) is 0 Å². The van der Waals surface area contributed by atoms with E-state index in [9.17, 15) is 18.0 Å². The van der Waals surface area contributed by atoms with Gasteiger partial charge in [0.1, 0.15) is 0 Å². The van der Waals surface area contributed by atoms with Crippen molar-refractivity contribution in [3.8, 4) is 0 Å². The van der Waals surface area contributed by atoms with E-state index in [2.05, 4.69) is 5.32 Å². The molecule has 0 heterocycles. The Morgan fingerprint density at radius 1 is 1.22 bits per heavy atom. The van der Waals surface area contributed by atoms with Crippen LogP contribution in [0.5, 0.6) is 0 Å². The van der Waals surface area contributed by atoms with Gasteiger partial charge < -0.3 is 10.4 Å². The Hall–Kier alpha value is -1.60. The van der Waals surface area contributed by atoms with Gasteiger partial charge in [0.25, 0.3) is 0 Å². The molecule has 0 fully saturated rings. The Morgan fingerprint density at radius 3 is 2.04 bits per heavy atom. The molecule has 2 N–H and O–H groups in total. The van der Waals surface area contributed by atoms with Gasteiger partial charge >= 0.3 is 12.1 Å². The third kappa shape index (κ3) is 9.20. The van der Waals surface area contributed by atoms with Crippen molar-refractivity contribution in [1.82, 2.24) is 5.32 Å². The summed E-state index contributed by atoms with van der Waals surface area (Å²) >= 11 is 5.85. The maximum absolute atomic E-state index is 12.1. The van der Waals surface area contributed by atoms with Gasteiger partial charge in [-0.05, 0) is 39.8 Å². The van der Waals surface area contributed by atoms with Crippen LogP contribution in [0.2, 0.25) is 5.02 Å². The molecule has 0 aliphatic carbocycles. The number of alkyl halides is 3. The van der Waals surface area contributed by atoms with E-state index in [1.165, 1.54) is 0 Å². The van der Waals surface area contributed by atoms with Crippen molar-refractivity contribution in [1.29, 1.82) is 0 Å². The number of Topliss-reactive ketones (excluding diaryl/α,β-unsaturated/α-hetero) is 1. The van der Waals surface area contributed by atoms with E-state index in [1.807, 2.05) is 27.7 Å². The molecule has 1 rings (SSSR count). The van der Waals surface area contributed by atoms with E-state index in [0.29, 0.717) is 10.6 Å². The first kappa shape index (κ1) is 21.4. The topological polar surface area (TPSA) is 66.4 Å². The van der Waals surface area contributed by atoms with Crippen LogP contribution in [-0.2, 0) is 4.79 Å². The summed E-state index contributed by atoms with van der Waals surface area (Å²) in [6, 6.07) is 6.83. The number of rotatable bonds is 3. The van der Waals surface area contributed by atoms with Gasteiger partial charge in [-0.2, -0.15) is 13.2 Å². The number of aliphatic carboxylic acids is 1. The number of carbonyl (C=O) groups is 2. The second kappa shape index (κ2) is 8.31. The Kier molecular flexibility index (Phi) is 7.73. The van der Waals surface area contributed by atoms with Crippen molar-refractivity contribution < 1.29 is 27.9 Å². The highest BCUT2D eigenvalue weighted by molar-refractivity contribution is 6.31. The van der Waals surface area contributed by atoms with Gasteiger partial charge in [-0.25, -0.2) is 4.79 Å². The fourth-order valence-electron chi connectivity index (χ4n) is 1.61. The van der Waals surface area contributed by atoms with Crippen LogP contribution >= 0.6 is 11.6 Å². The molecule has 23 heavy (non-hydrogen) atoms. The molecule has 0 aliphatic heterocycles. The molecule has 0 unspecified atom stereocenters. The van der Waals surface area contributed by atoms with E-state index >= 15 is 0 Å². The molecule has 0 saturated heterocycles. The van der Waals surface area contributed by atoms with E-state index in [1.54, 1.807) is 24.3 Å². The highest BCUT2D eigenvalue weighted by atomic mass is 35.5. The van der Waals surface area contributed by atoms with Crippen molar-refractivity contribution in [2.45, 2.75) is 45.5 Å². The molecule has 0 radical (unpaired) electrons. The highest BCUT2D eigenvalue weighted by Gasteiger charge is 2.38. The van der Waals surface area contributed by atoms with Crippen LogP contribution in [0.1, 0.15) is 38.1 Å². The van der Waals surface area contributed by atoms with Crippen LogP contribution in [0.3, 0.4) is 0 Å². The lowest BCUT2D eigenvalue weighted by Gasteiger charge is -2.25. The number of hydrogen-bond acceptors (Lipinski definition) is 3. The zero-order valence-electron chi connectivity index (χ0n) is 13.2. The van der Waals surface area contributed by atoms with Crippen molar-refractivity contribution >= 4 is 23.4 Å². The Morgan fingerprint density at radius 2 is 1.70 bits per heavy atom. The normalized spacial score (nSPS) is 12.9. The van der Waals surface area contributed by atoms with E-state index in [-0.39, 0.29) is 17.4 Å². The first-order valence-electron chi connectivity index (χ1n) is 6.61. The maximum atomic E-state index is 12.1. The first-order valence-corrected chi connectivity index (χ1v) is 6.99. The lowest BCUT2D eigenvalue weighted by Crippen LogP contribution is -2.46. The van der Waals surface area contributed by atoms with E-state index in [4.69, 9.17) is 21.5 Å². The second-order valence-electron chi connectivity index (χ2n) is 5.79. The monoisotopic (exact) mass is 353 g/mol. The molecule has 1 aromatic rings. The number of carboxylic acid groups (broad SMARTS) is 1. The minimum absolute atomic E-state index is 0.0671. The molecule has 0 saturated carbocycles. The molecule has 4 nitrogen and oxygen atoms in total. The Labute approximate surface area is 137 Å². The Bertz CT molecular complexity index is 554. The quantitative estimate of drug-likeness (QED) is 0.808. The summed E-state index contributed by atoms with van der Waals surface area (Å²) in [6.07, 6.45) is -5.08. The van der Waals surface area contributed by atoms with Crippen LogP contribution in [0.15, 0.2) is 24.3 Å². The third-order valence-electron chi connectivity index (χ3n) is 2.39. The predicted octanol–water partition coefficient (Wildman–Crippen LogP) is 3.93. The summed E-state index contributed by atoms with van der Waals surface area (Å²) in [5.74, 6) is -2.69. The number of carbonyl (C=O) groups excluding carboxylic acids is 1. The minimum atomic E-state index is -5.08. The maximum Gasteiger partial charge on any atom is 0.490 e. The molecule has 0 aliphatic rings. The number of hydrogen-bond donors (Lipinski definition) is 2. The number of ketones is 1. The van der Waals surface area contributed by atoms with Crippen molar-refractivity contribution in [2.75, 3.05) is 0 Å². The van der Waals surface area contributed by atoms with Crippen molar-refractivity contribution in [3.05, 3.63) is 34.9 Å². The number of halogens is 4. The van der Waals surface area contributed by atoms with Crippen LogP contribution in [0, 0.1) is 0 Å². The average Bonchev–Trinajstić information content (AvgIpc) is 2.35. The lowest BCUT2D eigenvalue weighted by molar-refractivity contribution is -0.192. The van der Waals surface area contributed by atoms with Gasteiger partial charge in [0.2, 0.25) is 0 Å². The van der Waals surface area contributed by atoms with Crippen molar-refractivity contribution in [3.63, 3.8) is 0 Å². The minimum Gasteiger partial charge on any atom is -0.475 e. The Balaban J connectivity index is 0.000000585. The summed E-state index contributed by atoms with van der Waals surface area (Å²) in [5.41, 5.74) is 0.574. The highest BCUT2D eigenvalue weighted by Crippen LogP contribution is 2.14. The van der Waals surface area contributed by atoms with E-state index in [0.717, 1.165) is 0 Å². The largest absolute Gasteiger partial charge is 0.490 e. The zero-order valence-corrected chi connectivity index (χ0v) is 13.9. The van der Waals surface area contributed by atoms with Gasteiger partial charge in [0.05, 0.1) is 6.04 Å². The van der Waals surface area contributed by atoms with Gasteiger partial charge in [0, 0.05) is 16.1 Å². The fraction of sp³-hybridized carbons (Fsp3) is 0.467. The van der Waals surface area contributed by atoms with Gasteiger partial charge in [0.15, 0.2) is 5.78 Å². The molecular weight excluding hydrogens is 335 g/mol. The zero-order chi connectivity index (χ0) is 18.4. The standard InChI is InChI=1S/C13H18ClNO.C2HF3O2/c1-9(15-13(2,3)4)12(16)10-6-5-7-11(14)8-10;3-2(4,5)1(6)7/h5-9,15H,1-4H3;(H,6,7)/t9-;/m1./s1. The van der Waals surface area contributed by atoms with Gasteiger partial charge in [-0.1, -0.05) is 23.7 Å². The van der Waals surface area contributed by atoms with Crippen LogP contribution in [0.4, 0.5) is 13.2 Å². The fourth-order valence-corrected chi connectivity index (χ4v) is 1.80. The average molecular weight is 354 g/mol. The molecular formula is C15H19ClF3NO3. The third-order valence-corrected chi connectivity index (χ3v) is 2.63. The number of nitrogens with one attached hydrogen (secondary N) is 1. The summed E-state index contributed by atoms with van der Waals surface area (Å²) in [6.45, 7) is 7.98. The van der Waals surface area contributed by atoms with Crippen LogP contribution < -0.4 is 5.32 Å². The molecule has 0 aromatic heterocycles. The molecule has 0 bridgehead atoms. The summed E-state index contributed by atoms with van der Waals surface area (Å²) in [5, 5.41) is 11.0. The molecule has 1 aromatic carbocycles.